The van der Waals surface area contributed by atoms with Crippen molar-refractivity contribution in [3.8, 4) is 11.1 Å². The molecule has 0 amide bonds. The molecule has 3 unspecified atom stereocenters. The predicted molar refractivity (Wildman–Crippen MR) is 227 cm³/mol. The van der Waals surface area contributed by atoms with E-state index >= 15 is 0 Å². The van der Waals surface area contributed by atoms with Crippen molar-refractivity contribution < 1.29 is 4.42 Å². The third-order valence-electron chi connectivity index (χ3n) is 13.1. The zero-order chi connectivity index (χ0) is 37.1. The van der Waals surface area contributed by atoms with Crippen LogP contribution in [0.5, 0.6) is 0 Å². The lowest BCUT2D eigenvalue weighted by Gasteiger charge is -2.47. The van der Waals surface area contributed by atoms with E-state index in [-0.39, 0.29) is 23.5 Å². The predicted octanol–water partition coefficient (Wildman–Crippen LogP) is 11.7. The van der Waals surface area contributed by atoms with Gasteiger partial charge in [0, 0.05) is 40.3 Å². The maximum Gasteiger partial charge on any atom is 0.297 e. The highest BCUT2D eigenvalue weighted by Gasteiger charge is 2.51. The normalized spacial score (nSPS) is 20.4. The summed E-state index contributed by atoms with van der Waals surface area (Å²) in [6.45, 7) is 23.3. The number of hydrogen-bond acceptors (Lipinski definition) is 3. The van der Waals surface area contributed by atoms with Gasteiger partial charge in [0.05, 0.1) is 11.3 Å². The second kappa shape index (κ2) is 12.2. The van der Waals surface area contributed by atoms with Crippen LogP contribution in [0.3, 0.4) is 0 Å². The van der Waals surface area contributed by atoms with Gasteiger partial charge in [0.1, 0.15) is 5.76 Å². The molecule has 3 heterocycles. The number of fused-ring (bicyclic) bond motifs is 6. The fourth-order valence-corrected chi connectivity index (χ4v) is 10.4. The van der Waals surface area contributed by atoms with Crippen LogP contribution in [0.1, 0.15) is 129 Å². The van der Waals surface area contributed by atoms with Crippen LogP contribution >= 0.6 is 0 Å². The fraction of sp³-hybridized carbons (Fsp3) is 0.429. The van der Waals surface area contributed by atoms with E-state index in [4.69, 9.17) is 4.42 Å². The van der Waals surface area contributed by atoms with Gasteiger partial charge in [-0.25, -0.2) is 0 Å². The fourth-order valence-electron chi connectivity index (χ4n) is 10.4. The molecule has 2 aliphatic carbocycles. The molecule has 53 heavy (non-hydrogen) atoms. The maximum absolute atomic E-state index is 7.39. The molecule has 2 saturated carbocycles. The van der Waals surface area contributed by atoms with Crippen LogP contribution in [0, 0.1) is 11.8 Å². The lowest BCUT2D eigenvalue weighted by Crippen LogP contribution is -2.63. The monoisotopic (exact) mass is 700 g/mol. The Labute approximate surface area is 318 Å². The Morgan fingerprint density at radius 2 is 1.36 bits per heavy atom. The van der Waals surface area contributed by atoms with Crippen molar-refractivity contribution in [1.82, 2.24) is 0 Å². The Morgan fingerprint density at radius 3 is 1.96 bits per heavy atom. The summed E-state index contributed by atoms with van der Waals surface area (Å²) in [5.41, 5.74) is 17.1. The zero-order valence-corrected chi connectivity index (χ0v) is 33.7. The van der Waals surface area contributed by atoms with E-state index in [1.54, 1.807) is 0 Å². The molecule has 0 saturated heterocycles. The Kier molecular flexibility index (Phi) is 7.94. The highest BCUT2D eigenvalue weighted by Crippen LogP contribution is 2.53. The summed E-state index contributed by atoms with van der Waals surface area (Å²) in [5.74, 6) is 3.25. The topological polar surface area (TPSA) is 19.6 Å². The largest absolute Gasteiger partial charge is 0.472 e. The van der Waals surface area contributed by atoms with Gasteiger partial charge in [0.25, 0.3) is 6.71 Å². The standard InChI is InChI=1S/C49H57BN2O/c1-29(2)43-45-47(53-46(43)30(3)4)50-38-28-36(49(8,9)10)20-23-39(38)52(40-25-31-16-17-33(40)24-31)42-27-34(32-14-12-11-13-15-32)26-41(44(42)50)51(45)37-21-18-35(19-22-37)48(5,6)7/h11-15,18-23,26-31,33,40H,16-17,24-25H2,1-10H3. The van der Waals surface area contributed by atoms with Gasteiger partial charge >= 0.3 is 0 Å². The highest BCUT2D eigenvalue weighted by atomic mass is 16.3. The van der Waals surface area contributed by atoms with Crippen LogP contribution in [-0.4, -0.2) is 12.8 Å². The molecule has 0 spiro atoms. The van der Waals surface area contributed by atoms with Crippen LogP contribution in [0.15, 0.2) is 89.3 Å². The second-order valence-corrected chi connectivity index (χ2v) is 19.4. The summed E-state index contributed by atoms with van der Waals surface area (Å²) in [6.07, 6.45) is 5.37. The maximum atomic E-state index is 7.39. The molecule has 2 bridgehead atoms. The Bertz CT molecular complexity index is 2200. The molecule has 4 heteroatoms. The number of anilines is 5. The van der Waals surface area contributed by atoms with Gasteiger partial charge in [0.15, 0.2) is 0 Å². The van der Waals surface area contributed by atoms with Crippen molar-refractivity contribution in [2.45, 2.75) is 124 Å². The van der Waals surface area contributed by atoms with Crippen molar-refractivity contribution in [3.05, 3.63) is 107 Å². The van der Waals surface area contributed by atoms with Crippen molar-refractivity contribution >= 4 is 51.7 Å². The van der Waals surface area contributed by atoms with Crippen LogP contribution in [-0.2, 0) is 10.8 Å². The minimum Gasteiger partial charge on any atom is -0.472 e. The van der Waals surface area contributed by atoms with E-state index in [0.717, 1.165) is 23.3 Å². The first-order valence-electron chi connectivity index (χ1n) is 20.4. The van der Waals surface area contributed by atoms with Crippen molar-refractivity contribution in [2.24, 2.45) is 11.8 Å². The van der Waals surface area contributed by atoms with E-state index in [0.29, 0.717) is 12.0 Å². The van der Waals surface area contributed by atoms with Crippen molar-refractivity contribution in [1.29, 1.82) is 0 Å². The van der Waals surface area contributed by atoms with Gasteiger partial charge in [-0.15, -0.1) is 0 Å². The lowest BCUT2D eigenvalue weighted by molar-refractivity contribution is 0.413. The average Bonchev–Trinajstić information content (AvgIpc) is 3.86. The molecular weight excluding hydrogens is 643 g/mol. The number of rotatable bonds is 5. The molecule has 272 valence electrons. The van der Waals surface area contributed by atoms with E-state index in [2.05, 4.69) is 164 Å². The average molecular weight is 701 g/mol. The van der Waals surface area contributed by atoms with Crippen LogP contribution < -0.4 is 26.4 Å². The Hall–Kier alpha value is -4.18. The molecule has 3 nitrogen and oxygen atoms in total. The number of hydrogen-bond donors (Lipinski definition) is 0. The number of nitrogens with zero attached hydrogens (tertiary/aromatic N) is 2. The zero-order valence-electron chi connectivity index (χ0n) is 33.7. The van der Waals surface area contributed by atoms with Crippen molar-refractivity contribution in [2.75, 3.05) is 9.80 Å². The van der Waals surface area contributed by atoms with E-state index in [1.165, 1.54) is 92.9 Å². The summed E-state index contributed by atoms with van der Waals surface area (Å²) in [4.78, 5) is 5.43. The third-order valence-corrected chi connectivity index (χ3v) is 13.1. The van der Waals surface area contributed by atoms with Gasteiger partial charge in [-0.05, 0) is 111 Å². The van der Waals surface area contributed by atoms with Crippen molar-refractivity contribution in [3.63, 3.8) is 0 Å². The summed E-state index contributed by atoms with van der Waals surface area (Å²) < 4.78 is 7.39. The highest BCUT2D eigenvalue weighted by molar-refractivity contribution is 6.99. The number of benzene rings is 4. The van der Waals surface area contributed by atoms with Gasteiger partial charge in [0.2, 0.25) is 0 Å². The molecule has 2 fully saturated rings. The summed E-state index contributed by atoms with van der Waals surface area (Å²) in [5, 5.41) is 0. The van der Waals surface area contributed by atoms with Crippen LogP contribution in [0.4, 0.5) is 28.4 Å². The molecular formula is C49H57BN2O. The first kappa shape index (κ1) is 34.6. The smallest absolute Gasteiger partial charge is 0.297 e. The SMILES string of the molecule is CC(C)c1oc2c(c1C(C)C)N(c1ccc(C(C)(C)C)cc1)c1cc(-c3ccccc3)cc3c1B2c1cc(C(C)(C)C)ccc1N3C1CC2CCC1C2. The minimum atomic E-state index is 0.00191. The summed E-state index contributed by atoms with van der Waals surface area (Å²) >= 11 is 0. The molecule has 4 aliphatic rings. The molecule has 5 aromatic rings. The molecule has 3 atom stereocenters. The molecule has 0 radical (unpaired) electrons. The molecule has 2 aliphatic heterocycles. The van der Waals surface area contributed by atoms with E-state index in [1.807, 2.05) is 0 Å². The Balaban J connectivity index is 1.41. The Morgan fingerprint density at radius 1 is 0.679 bits per heavy atom. The second-order valence-electron chi connectivity index (χ2n) is 19.4. The molecule has 0 N–H and O–H groups in total. The first-order valence-corrected chi connectivity index (χ1v) is 20.4. The van der Waals surface area contributed by atoms with Gasteiger partial charge in [-0.2, -0.15) is 0 Å². The minimum absolute atomic E-state index is 0.00191. The van der Waals surface area contributed by atoms with Crippen LogP contribution in [0.25, 0.3) is 11.1 Å². The summed E-state index contributed by atoms with van der Waals surface area (Å²) in [6, 6.07) is 33.5. The van der Waals surface area contributed by atoms with Gasteiger partial charge in [-0.1, -0.05) is 130 Å². The van der Waals surface area contributed by atoms with Gasteiger partial charge in [-0.3, -0.25) is 0 Å². The molecule has 4 aromatic carbocycles. The lowest BCUT2D eigenvalue weighted by atomic mass is 9.35. The number of furan rings is 1. The van der Waals surface area contributed by atoms with Crippen LogP contribution in [0.2, 0.25) is 0 Å². The molecule has 1 aromatic heterocycles. The van der Waals surface area contributed by atoms with E-state index < -0.39 is 0 Å². The summed E-state index contributed by atoms with van der Waals surface area (Å²) in [7, 11) is 0. The quantitative estimate of drug-likeness (QED) is 0.167. The van der Waals surface area contributed by atoms with E-state index in [9.17, 15) is 0 Å². The third kappa shape index (κ3) is 5.44. The van der Waals surface area contributed by atoms with Gasteiger partial charge < -0.3 is 14.2 Å². The first-order chi connectivity index (χ1) is 25.2. The molecule has 9 rings (SSSR count).